The summed E-state index contributed by atoms with van der Waals surface area (Å²) in [6, 6.07) is 2.73. The molecule has 2 amide bonds. The number of hydrogen-bond acceptors (Lipinski definition) is 2. The number of carbonyl (C=O) groups excluding carboxylic acids is 1. The van der Waals surface area contributed by atoms with Crippen molar-refractivity contribution >= 4 is 40.9 Å². The standard InChI is InChI=1S/C10H12Cl2N4O/c1-5-3-6(11)4-7(12)8(5)15-10(17)16-9(13)14-2/h3-4H,1-2H3,(H4,13,14,15,16,17). The Bertz CT molecular complexity index is 450. The highest BCUT2D eigenvalue weighted by molar-refractivity contribution is 6.37. The van der Waals surface area contributed by atoms with Gasteiger partial charge in [-0.1, -0.05) is 23.2 Å². The molecular weight excluding hydrogens is 263 g/mol. The molecule has 7 heteroatoms. The van der Waals surface area contributed by atoms with Crippen molar-refractivity contribution in [2.45, 2.75) is 6.92 Å². The van der Waals surface area contributed by atoms with Crippen LogP contribution >= 0.6 is 23.2 Å². The van der Waals surface area contributed by atoms with Gasteiger partial charge in [-0.05, 0) is 24.6 Å². The Kier molecular flexibility index (Phi) is 4.60. The number of amides is 2. The summed E-state index contributed by atoms with van der Waals surface area (Å²) in [5, 5.41) is 5.77. The summed E-state index contributed by atoms with van der Waals surface area (Å²) < 4.78 is 0. The van der Waals surface area contributed by atoms with E-state index in [0.29, 0.717) is 15.7 Å². The van der Waals surface area contributed by atoms with E-state index in [0.717, 1.165) is 5.56 Å². The van der Waals surface area contributed by atoms with Gasteiger partial charge in [0.1, 0.15) is 0 Å². The monoisotopic (exact) mass is 274 g/mol. The van der Waals surface area contributed by atoms with Crippen molar-refractivity contribution in [3.05, 3.63) is 27.7 Å². The fraction of sp³-hybridized carbons (Fsp3) is 0.200. The van der Waals surface area contributed by atoms with Gasteiger partial charge in [-0.15, -0.1) is 0 Å². The van der Waals surface area contributed by atoms with Crippen LogP contribution in [0.5, 0.6) is 0 Å². The number of benzene rings is 1. The molecule has 92 valence electrons. The summed E-state index contributed by atoms with van der Waals surface area (Å²) in [5.74, 6) is 0.0187. The first-order chi connectivity index (χ1) is 7.93. The van der Waals surface area contributed by atoms with Crippen molar-refractivity contribution in [2.75, 3.05) is 12.4 Å². The molecule has 0 heterocycles. The first kappa shape index (κ1) is 13.6. The number of nitrogens with one attached hydrogen (secondary N) is 2. The molecule has 0 atom stereocenters. The second kappa shape index (κ2) is 5.75. The van der Waals surface area contributed by atoms with Gasteiger partial charge in [0.25, 0.3) is 0 Å². The summed E-state index contributed by atoms with van der Waals surface area (Å²) >= 11 is 11.8. The van der Waals surface area contributed by atoms with Crippen molar-refractivity contribution in [1.82, 2.24) is 5.32 Å². The van der Waals surface area contributed by atoms with Crippen LogP contribution in [0.2, 0.25) is 10.0 Å². The van der Waals surface area contributed by atoms with Crippen LogP contribution in [0.3, 0.4) is 0 Å². The molecule has 0 fully saturated rings. The molecule has 0 saturated carbocycles. The molecule has 0 saturated heterocycles. The van der Waals surface area contributed by atoms with Gasteiger partial charge in [-0.25, -0.2) is 4.79 Å². The van der Waals surface area contributed by atoms with E-state index < -0.39 is 6.03 Å². The van der Waals surface area contributed by atoms with Crippen molar-refractivity contribution in [1.29, 1.82) is 0 Å². The number of urea groups is 1. The number of aryl methyl sites for hydroxylation is 1. The maximum absolute atomic E-state index is 11.5. The van der Waals surface area contributed by atoms with Gasteiger partial charge in [-0.3, -0.25) is 10.3 Å². The molecule has 0 aromatic heterocycles. The first-order valence-corrected chi connectivity index (χ1v) is 5.45. The molecule has 0 aliphatic heterocycles. The molecule has 4 N–H and O–H groups in total. The predicted molar refractivity (Wildman–Crippen MR) is 70.9 cm³/mol. The van der Waals surface area contributed by atoms with Crippen molar-refractivity contribution in [3.8, 4) is 0 Å². The topological polar surface area (TPSA) is 79.5 Å². The van der Waals surface area contributed by atoms with Crippen LogP contribution in [0.25, 0.3) is 0 Å². The number of guanidine groups is 1. The molecule has 0 unspecified atom stereocenters. The molecule has 0 aliphatic rings. The largest absolute Gasteiger partial charge is 0.370 e. The van der Waals surface area contributed by atoms with E-state index >= 15 is 0 Å². The molecule has 5 nitrogen and oxygen atoms in total. The van der Waals surface area contributed by atoms with Crippen molar-refractivity contribution in [3.63, 3.8) is 0 Å². The second-order valence-electron chi connectivity index (χ2n) is 3.27. The third-order valence-corrected chi connectivity index (χ3v) is 2.49. The minimum absolute atomic E-state index is 0.0187. The fourth-order valence-corrected chi connectivity index (χ4v) is 1.82. The van der Waals surface area contributed by atoms with E-state index in [-0.39, 0.29) is 5.96 Å². The van der Waals surface area contributed by atoms with E-state index in [2.05, 4.69) is 15.6 Å². The van der Waals surface area contributed by atoms with Gasteiger partial charge in [0, 0.05) is 12.1 Å². The van der Waals surface area contributed by atoms with E-state index in [1.54, 1.807) is 19.1 Å². The molecule has 1 aromatic carbocycles. The molecular formula is C10H12Cl2N4O. The van der Waals surface area contributed by atoms with E-state index in [1.165, 1.54) is 7.05 Å². The van der Waals surface area contributed by atoms with Gasteiger partial charge in [0.05, 0.1) is 10.7 Å². The lowest BCUT2D eigenvalue weighted by molar-refractivity contribution is 0.256. The Hall–Kier alpha value is -1.46. The number of halogens is 2. The summed E-state index contributed by atoms with van der Waals surface area (Å²) in [6.07, 6.45) is 0. The summed E-state index contributed by atoms with van der Waals surface area (Å²) in [4.78, 5) is 15.1. The number of rotatable bonds is 1. The van der Waals surface area contributed by atoms with Crippen LogP contribution in [-0.2, 0) is 0 Å². The molecule has 17 heavy (non-hydrogen) atoms. The van der Waals surface area contributed by atoms with Crippen LogP contribution in [0.1, 0.15) is 5.56 Å². The quantitative estimate of drug-likeness (QED) is 0.543. The van der Waals surface area contributed by atoms with Gasteiger partial charge < -0.3 is 11.1 Å². The smallest absolute Gasteiger partial charge is 0.326 e. The first-order valence-electron chi connectivity index (χ1n) is 4.70. The van der Waals surface area contributed by atoms with Crippen LogP contribution in [0, 0.1) is 6.92 Å². The maximum atomic E-state index is 11.5. The average molecular weight is 275 g/mol. The lowest BCUT2D eigenvalue weighted by atomic mass is 10.2. The normalized spacial score (nSPS) is 11.2. The zero-order chi connectivity index (χ0) is 13.0. The minimum Gasteiger partial charge on any atom is -0.370 e. The SMILES string of the molecule is CN=C(N)NC(=O)Nc1c(C)cc(Cl)cc1Cl. The number of nitrogens with zero attached hydrogens (tertiary/aromatic N) is 1. The molecule has 0 spiro atoms. The highest BCUT2D eigenvalue weighted by Crippen LogP contribution is 2.29. The summed E-state index contributed by atoms with van der Waals surface area (Å²) in [7, 11) is 1.47. The second-order valence-corrected chi connectivity index (χ2v) is 4.11. The van der Waals surface area contributed by atoms with Crippen LogP contribution in [0.15, 0.2) is 17.1 Å². The third-order valence-electron chi connectivity index (χ3n) is 1.97. The highest BCUT2D eigenvalue weighted by Gasteiger charge is 2.10. The predicted octanol–water partition coefficient (Wildman–Crippen LogP) is 2.37. The molecule has 1 rings (SSSR count). The van der Waals surface area contributed by atoms with E-state index in [9.17, 15) is 4.79 Å². The Morgan fingerprint density at radius 3 is 2.59 bits per heavy atom. The molecule has 0 bridgehead atoms. The molecule has 1 aromatic rings. The van der Waals surface area contributed by atoms with Gasteiger partial charge in [0.2, 0.25) is 0 Å². The molecule has 0 radical (unpaired) electrons. The summed E-state index contributed by atoms with van der Waals surface area (Å²) in [5.41, 5.74) is 6.59. The summed E-state index contributed by atoms with van der Waals surface area (Å²) in [6.45, 7) is 1.78. The van der Waals surface area contributed by atoms with Gasteiger partial charge in [0.15, 0.2) is 5.96 Å². The fourth-order valence-electron chi connectivity index (χ4n) is 1.18. The Morgan fingerprint density at radius 1 is 1.41 bits per heavy atom. The number of carbonyl (C=O) groups is 1. The number of nitrogens with two attached hydrogens (primary N) is 1. The average Bonchev–Trinajstić information content (AvgIpc) is 2.23. The van der Waals surface area contributed by atoms with Crippen LogP contribution in [-0.4, -0.2) is 19.0 Å². The van der Waals surface area contributed by atoms with E-state index in [4.69, 9.17) is 28.9 Å². The van der Waals surface area contributed by atoms with E-state index in [1.807, 2.05) is 0 Å². The van der Waals surface area contributed by atoms with Crippen LogP contribution < -0.4 is 16.4 Å². The van der Waals surface area contributed by atoms with Gasteiger partial charge in [-0.2, -0.15) is 0 Å². The number of anilines is 1. The molecule has 0 aliphatic carbocycles. The maximum Gasteiger partial charge on any atom is 0.326 e. The number of aliphatic imine (C=N–C) groups is 1. The van der Waals surface area contributed by atoms with Crippen LogP contribution in [0.4, 0.5) is 10.5 Å². The van der Waals surface area contributed by atoms with Crippen molar-refractivity contribution < 1.29 is 4.79 Å². The lowest BCUT2D eigenvalue weighted by Gasteiger charge is -2.11. The Balaban J connectivity index is 2.85. The zero-order valence-electron chi connectivity index (χ0n) is 9.34. The van der Waals surface area contributed by atoms with Gasteiger partial charge >= 0.3 is 6.03 Å². The Labute approximate surface area is 109 Å². The Morgan fingerprint density at radius 2 is 2.06 bits per heavy atom. The minimum atomic E-state index is -0.513. The third kappa shape index (κ3) is 3.80. The lowest BCUT2D eigenvalue weighted by Crippen LogP contribution is -2.39. The highest BCUT2D eigenvalue weighted by atomic mass is 35.5. The van der Waals surface area contributed by atoms with Crippen molar-refractivity contribution in [2.24, 2.45) is 10.7 Å². The zero-order valence-corrected chi connectivity index (χ0v) is 10.9. The number of hydrogen-bond donors (Lipinski definition) is 3.